The molecular formula is C21H25N3O3S. The van der Waals surface area contributed by atoms with E-state index in [2.05, 4.69) is 10.5 Å². The van der Waals surface area contributed by atoms with Gasteiger partial charge in [-0.3, -0.25) is 4.79 Å². The van der Waals surface area contributed by atoms with E-state index >= 15 is 0 Å². The van der Waals surface area contributed by atoms with E-state index in [1.54, 1.807) is 0 Å². The topological polar surface area (TPSA) is 90.4 Å². The van der Waals surface area contributed by atoms with E-state index in [0.717, 1.165) is 16.7 Å². The number of carbonyl (C=O) groups is 1. The number of carbonyl (C=O) groups excluding carboxylic acids is 1. The summed E-state index contributed by atoms with van der Waals surface area (Å²) >= 11 is 1.43. The molecule has 7 heteroatoms. The molecule has 1 aromatic heterocycles. The Bertz CT molecular complexity index is 852. The van der Waals surface area contributed by atoms with Crippen LogP contribution in [0.2, 0.25) is 0 Å². The minimum Gasteiger partial charge on any atom is -0.473 e. The Morgan fingerprint density at radius 2 is 2.04 bits per heavy atom. The predicted octanol–water partition coefficient (Wildman–Crippen LogP) is 3.33. The highest BCUT2D eigenvalue weighted by Gasteiger charge is 2.54. The molecule has 2 aromatic rings. The smallest absolute Gasteiger partial charge is 0.291 e. The second kappa shape index (κ2) is 7.44. The van der Waals surface area contributed by atoms with Crippen LogP contribution in [-0.2, 0) is 0 Å². The molecule has 28 heavy (non-hydrogen) atoms. The number of hydrogen-bond acceptors (Lipinski definition) is 6. The van der Waals surface area contributed by atoms with E-state index in [0.29, 0.717) is 35.8 Å². The number of nitrogens with zero attached hydrogens (tertiary/aromatic N) is 1. The Balaban J connectivity index is 1.37. The molecule has 1 aromatic carbocycles. The molecule has 4 bridgehead atoms. The Morgan fingerprint density at radius 3 is 2.82 bits per heavy atom. The van der Waals surface area contributed by atoms with E-state index in [1.165, 1.54) is 37.4 Å². The van der Waals surface area contributed by atoms with Crippen molar-refractivity contribution in [2.24, 2.45) is 29.4 Å². The molecule has 4 fully saturated rings. The number of rotatable bonds is 7. The van der Waals surface area contributed by atoms with Crippen LogP contribution < -0.4 is 15.8 Å². The van der Waals surface area contributed by atoms with Crippen LogP contribution in [-0.4, -0.2) is 30.3 Å². The summed E-state index contributed by atoms with van der Waals surface area (Å²) in [6.07, 6.45) is 5.13. The number of nitrogens with one attached hydrogen (secondary N) is 1. The first-order valence-electron chi connectivity index (χ1n) is 10.1. The van der Waals surface area contributed by atoms with Crippen molar-refractivity contribution in [3.05, 3.63) is 36.1 Å². The van der Waals surface area contributed by atoms with E-state index in [-0.39, 0.29) is 17.7 Å². The molecule has 5 atom stereocenters. The number of benzene rings is 1. The van der Waals surface area contributed by atoms with Crippen molar-refractivity contribution in [1.82, 2.24) is 10.5 Å². The fourth-order valence-electron chi connectivity index (χ4n) is 5.53. The monoisotopic (exact) mass is 399 g/mol. The zero-order valence-electron chi connectivity index (χ0n) is 15.7. The molecule has 0 saturated heterocycles. The van der Waals surface area contributed by atoms with E-state index < -0.39 is 0 Å². The average Bonchev–Trinajstić information content (AvgIpc) is 3.31. The zero-order valence-corrected chi connectivity index (χ0v) is 16.5. The van der Waals surface area contributed by atoms with Crippen molar-refractivity contribution in [2.75, 3.05) is 13.2 Å². The number of nitrogens with two attached hydrogens (primary N) is 1. The van der Waals surface area contributed by atoms with Gasteiger partial charge in [0, 0.05) is 17.5 Å². The van der Waals surface area contributed by atoms with Gasteiger partial charge in [-0.1, -0.05) is 30.0 Å². The second-order valence-corrected chi connectivity index (χ2v) is 9.27. The molecule has 1 heterocycles. The maximum absolute atomic E-state index is 13.1. The summed E-state index contributed by atoms with van der Waals surface area (Å²) in [5, 5.41) is 7.29. The summed E-state index contributed by atoms with van der Waals surface area (Å²) in [5.41, 5.74) is 5.55. The molecule has 148 valence electrons. The lowest BCUT2D eigenvalue weighted by Gasteiger charge is -2.32. The first-order valence-corrected chi connectivity index (χ1v) is 10.9. The number of aromatic nitrogens is 1. The van der Waals surface area contributed by atoms with Crippen molar-refractivity contribution >= 4 is 17.7 Å². The summed E-state index contributed by atoms with van der Waals surface area (Å²) in [5.74, 6) is 3.31. The van der Waals surface area contributed by atoms with Crippen molar-refractivity contribution in [3.8, 4) is 5.88 Å². The van der Waals surface area contributed by atoms with Crippen LogP contribution >= 0.6 is 11.8 Å². The predicted molar refractivity (Wildman–Crippen MR) is 105 cm³/mol. The van der Waals surface area contributed by atoms with Crippen molar-refractivity contribution in [2.45, 2.75) is 41.5 Å². The number of hydrogen-bond donors (Lipinski definition) is 2. The van der Waals surface area contributed by atoms with E-state index in [1.807, 2.05) is 30.3 Å². The lowest BCUT2D eigenvalue weighted by Crippen LogP contribution is -2.44. The molecule has 4 unspecified atom stereocenters. The zero-order chi connectivity index (χ0) is 19.1. The Hall–Kier alpha value is -1.99. The third-order valence-corrected chi connectivity index (χ3v) is 7.57. The van der Waals surface area contributed by atoms with Gasteiger partial charge in [-0.05, 0) is 66.6 Å². The summed E-state index contributed by atoms with van der Waals surface area (Å²) < 4.78 is 11.1. The molecule has 4 aliphatic rings. The average molecular weight is 400 g/mol. The van der Waals surface area contributed by atoms with Gasteiger partial charge in [0.1, 0.15) is 11.5 Å². The Labute approximate surface area is 168 Å². The maximum Gasteiger partial charge on any atom is 0.291 e. The van der Waals surface area contributed by atoms with Gasteiger partial charge in [0.15, 0.2) is 0 Å². The van der Waals surface area contributed by atoms with Crippen LogP contribution in [0.25, 0.3) is 0 Å². The minimum absolute atomic E-state index is 0.186. The molecule has 4 saturated carbocycles. The highest BCUT2D eigenvalue weighted by Crippen LogP contribution is 2.58. The normalized spacial score (nSPS) is 30.0. The van der Waals surface area contributed by atoms with Gasteiger partial charge in [0.2, 0.25) is 5.76 Å². The lowest BCUT2D eigenvalue weighted by atomic mass is 9.79. The first-order chi connectivity index (χ1) is 13.7. The molecule has 4 aliphatic carbocycles. The van der Waals surface area contributed by atoms with Crippen molar-refractivity contribution in [3.63, 3.8) is 0 Å². The largest absolute Gasteiger partial charge is 0.473 e. The first kappa shape index (κ1) is 18.1. The number of amides is 1. The standard InChI is InChI=1S/C21H25N3O3S/c22-6-7-26-21-19(28-15-4-2-1-3-5-15)18(27-24-21)20(25)23-17-14-9-12-8-13(11-14)16(17)10-12/h1-5,12-14,16-17H,6-11,22H2,(H,23,25)/t12-,13?,14?,16?,17?/m0/s1. The van der Waals surface area contributed by atoms with E-state index in [4.69, 9.17) is 15.0 Å². The van der Waals surface area contributed by atoms with Crippen LogP contribution in [0, 0.1) is 23.7 Å². The summed E-state index contributed by atoms with van der Waals surface area (Å²) in [6, 6.07) is 10.1. The van der Waals surface area contributed by atoms with Crippen LogP contribution in [0.15, 0.2) is 44.6 Å². The lowest BCUT2D eigenvalue weighted by molar-refractivity contribution is 0.0853. The number of ether oxygens (including phenoxy) is 1. The molecule has 6 nitrogen and oxygen atoms in total. The molecule has 1 amide bonds. The third kappa shape index (κ3) is 3.20. The van der Waals surface area contributed by atoms with Crippen LogP contribution in [0.5, 0.6) is 5.88 Å². The SMILES string of the molecule is NCCOc1noc(C(=O)NC2C3CC4C[C@@H](C3)CC42)c1Sc1ccccc1. The molecule has 0 aliphatic heterocycles. The quantitative estimate of drug-likeness (QED) is 0.742. The van der Waals surface area contributed by atoms with Crippen LogP contribution in [0.3, 0.4) is 0 Å². The summed E-state index contributed by atoms with van der Waals surface area (Å²) in [7, 11) is 0. The minimum atomic E-state index is -0.186. The van der Waals surface area contributed by atoms with Crippen LogP contribution in [0.4, 0.5) is 0 Å². The van der Waals surface area contributed by atoms with Gasteiger partial charge in [-0.2, -0.15) is 0 Å². The molecule has 0 spiro atoms. The van der Waals surface area contributed by atoms with Gasteiger partial charge in [0.25, 0.3) is 11.8 Å². The summed E-state index contributed by atoms with van der Waals surface area (Å²) in [4.78, 5) is 14.7. The molecule has 3 N–H and O–H groups in total. The fourth-order valence-corrected chi connectivity index (χ4v) is 6.47. The van der Waals surface area contributed by atoms with Gasteiger partial charge in [0.05, 0.1) is 0 Å². The van der Waals surface area contributed by atoms with E-state index in [9.17, 15) is 4.79 Å². The van der Waals surface area contributed by atoms with Crippen molar-refractivity contribution < 1.29 is 14.1 Å². The highest BCUT2D eigenvalue weighted by molar-refractivity contribution is 7.99. The van der Waals surface area contributed by atoms with Crippen LogP contribution in [0.1, 0.15) is 36.2 Å². The summed E-state index contributed by atoms with van der Waals surface area (Å²) in [6.45, 7) is 0.698. The van der Waals surface area contributed by atoms with Gasteiger partial charge < -0.3 is 20.3 Å². The molecule has 0 radical (unpaired) electrons. The second-order valence-electron chi connectivity index (χ2n) is 8.19. The third-order valence-electron chi connectivity index (χ3n) is 6.50. The van der Waals surface area contributed by atoms with Gasteiger partial charge in [-0.25, -0.2) is 0 Å². The van der Waals surface area contributed by atoms with Gasteiger partial charge in [-0.15, -0.1) is 0 Å². The fraction of sp³-hybridized carbons (Fsp3) is 0.524. The van der Waals surface area contributed by atoms with Gasteiger partial charge >= 0.3 is 0 Å². The van der Waals surface area contributed by atoms with Crippen molar-refractivity contribution in [1.29, 1.82) is 0 Å². The highest BCUT2D eigenvalue weighted by atomic mass is 32.2. The molecule has 6 rings (SSSR count). The Kier molecular flexibility index (Phi) is 4.80. The Morgan fingerprint density at radius 1 is 1.21 bits per heavy atom. The maximum atomic E-state index is 13.1. The molecular weight excluding hydrogens is 374 g/mol.